The van der Waals surface area contributed by atoms with Crippen LogP contribution in [0.1, 0.15) is 50.4 Å². The zero-order chi connectivity index (χ0) is 19.1. The highest BCUT2D eigenvalue weighted by atomic mass is 16.5. The molecule has 0 aliphatic carbocycles. The number of imidazole rings is 1. The molecule has 0 amide bonds. The first-order valence-corrected chi connectivity index (χ1v) is 9.97. The molecule has 0 atom stereocenters. The predicted octanol–water partition coefficient (Wildman–Crippen LogP) is 4.94. The zero-order valence-electron chi connectivity index (χ0n) is 16.4. The molecule has 27 heavy (non-hydrogen) atoms. The number of hydrogen-bond acceptors (Lipinski definition) is 3. The number of unbranched alkanes of at least 4 members (excludes halogenated alkanes) is 1. The van der Waals surface area contributed by atoms with Gasteiger partial charge in [0.25, 0.3) is 0 Å². The maximum Gasteiger partial charge on any atom is 0.122 e. The lowest BCUT2D eigenvalue weighted by molar-refractivity contribution is 0.286. The number of aliphatic hydroxyl groups excluding tert-OH is 1. The number of para-hydroxylation sites is 3. The molecule has 0 bridgehead atoms. The summed E-state index contributed by atoms with van der Waals surface area (Å²) < 4.78 is 8.34. The van der Waals surface area contributed by atoms with E-state index in [0.29, 0.717) is 5.92 Å². The minimum absolute atomic E-state index is 0.201. The number of hydrogen-bond donors (Lipinski definition) is 1. The highest BCUT2D eigenvalue weighted by molar-refractivity contribution is 5.75. The van der Waals surface area contributed by atoms with Gasteiger partial charge < -0.3 is 14.4 Å². The average molecular weight is 367 g/mol. The van der Waals surface area contributed by atoms with E-state index in [-0.39, 0.29) is 6.61 Å². The number of rotatable bonds is 10. The second kappa shape index (κ2) is 9.56. The molecule has 4 heteroatoms. The molecule has 0 unspecified atom stereocenters. The molecule has 3 rings (SSSR count). The number of aromatic nitrogens is 2. The average Bonchev–Trinajstić information content (AvgIpc) is 3.04. The van der Waals surface area contributed by atoms with E-state index >= 15 is 0 Å². The van der Waals surface area contributed by atoms with Crippen molar-refractivity contribution in [3.8, 4) is 5.75 Å². The molecule has 0 aliphatic rings. The molecule has 4 nitrogen and oxygen atoms in total. The summed E-state index contributed by atoms with van der Waals surface area (Å²) in [5.74, 6) is 2.54. The van der Waals surface area contributed by atoms with Crippen LogP contribution >= 0.6 is 0 Å². The van der Waals surface area contributed by atoms with E-state index in [1.807, 2.05) is 12.1 Å². The third-order valence-electron chi connectivity index (χ3n) is 4.87. The Morgan fingerprint density at radius 1 is 1.00 bits per heavy atom. The molecule has 0 fully saturated rings. The molecule has 0 saturated heterocycles. The van der Waals surface area contributed by atoms with Crippen LogP contribution < -0.4 is 4.74 Å². The van der Waals surface area contributed by atoms with Crippen molar-refractivity contribution < 1.29 is 9.84 Å². The first-order valence-electron chi connectivity index (χ1n) is 9.97. The van der Waals surface area contributed by atoms with Crippen molar-refractivity contribution >= 4 is 11.0 Å². The Kier molecular flexibility index (Phi) is 6.88. The topological polar surface area (TPSA) is 47.3 Å². The number of fused-ring (bicyclic) bond motifs is 1. The second-order valence-corrected chi connectivity index (χ2v) is 7.24. The van der Waals surface area contributed by atoms with Gasteiger partial charge in [-0.05, 0) is 48.9 Å². The van der Waals surface area contributed by atoms with E-state index in [0.717, 1.165) is 55.9 Å². The lowest BCUT2D eigenvalue weighted by Crippen LogP contribution is -2.07. The van der Waals surface area contributed by atoms with Crippen LogP contribution in [0.5, 0.6) is 5.75 Å². The number of aliphatic hydroxyl groups is 1. The third-order valence-corrected chi connectivity index (χ3v) is 4.87. The maximum absolute atomic E-state index is 9.16. The summed E-state index contributed by atoms with van der Waals surface area (Å²) >= 11 is 0. The second-order valence-electron chi connectivity index (χ2n) is 7.24. The van der Waals surface area contributed by atoms with Crippen molar-refractivity contribution in [1.29, 1.82) is 0 Å². The summed E-state index contributed by atoms with van der Waals surface area (Å²) in [5.41, 5.74) is 3.48. The van der Waals surface area contributed by atoms with Crippen molar-refractivity contribution in [3.63, 3.8) is 0 Å². The molecule has 144 valence electrons. The van der Waals surface area contributed by atoms with Gasteiger partial charge in [0, 0.05) is 19.6 Å². The van der Waals surface area contributed by atoms with Gasteiger partial charge in [0.2, 0.25) is 0 Å². The van der Waals surface area contributed by atoms with Crippen molar-refractivity contribution in [2.45, 2.75) is 52.0 Å². The number of ether oxygens (including phenoxy) is 1. The summed E-state index contributed by atoms with van der Waals surface area (Å²) in [7, 11) is 0. The van der Waals surface area contributed by atoms with Crippen LogP contribution in [-0.4, -0.2) is 27.9 Å². The Hall–Kier alpha value is -2.33. The lowest BCUT2D eigenvalue weighted by Gasteiger charge is -2.14. The number of benzene rings is 2. The Morgan fingerprint density at radius 2 is 1.78 bits per heavy atom. The standard InChI is InChI=1S/C23H30N2O2/c1-18(2)19-10-3-6-13-22(19)27-17-8-7-15-25-21-12-5-4-11-20(21)24-23(25)14-9-16-26/h3-6,10-13,18,26H,7-9,14-17H2,1-2H3. The monoisotopic (exact) mass is 366 g/mol. The Bertz CT molecular complexity index is 854. The van der Waals surface area contributed by atoms with Gasteiger partial charge in [-0.15, -0.1) is 0 Å². The number of nitrogens with zero attached hydrogens (tertiary/aromatic N) is 2. The Morgan fingerprint density at radius 3 is 2.59 bits per heavy atom. The smallest absolute Gasteiger partial charge is 0.122 e. The summed E-state index contributed by atoms with van der Waals surface area (Å²) in [5, 5.41) is 9.16. The summed E-state index contributed by atoms with van der Waals surface area (Å²) in [6.07, 6.45) is 3.59. The van der Waals surface area contributed by atoms with Crippen LogP contribution in [0, 0.1) is 0 Å². The molecule has 0 spiro atoms. The van der Waals surface area contributed by atoms with E-state index in [2.05, 4.69) is 54.8 Å². The maximum atomic E-state index is 9.16. The molecular weight excluding hydrogens is 336 g/mol. The first-order chi connectivity index (χ1) is 13.2. The molecule has 0 saturated carbocycles. The van der Waals surface area contributed by atoms with Gasteiger partial charge >= 0.3 is 0 Å². The van der Waals surface area contributed by atoms with E-state index in [1.54, 1.807) is 0 Å². The highest BCUT2D eigenvalue weighted by Crippen LogP contribution is 2.26. The van der Waals surface area contributed by atoms with Crippen LogP contribution in [0.2, 0.25) is 0 Å². The van der Waals surface area contributed by atoms with Gasteiger partial charge in [0.05, 0.1) is 17.6 Å². The fourth-order valence-electron chi connectivity index (χ4n) is 3.45. The minimum atomic E-state index is 0.201. The van der Waals surface area contributed by atoms with Gasteiger partial charge in [0.1, 0.15) is 11.6 Å². The quantitative estimate of drug-likeness (QED) is 0.517. The molecule has 1 N–H and O–H groups in total. The molecule has 2 aromatic carbocycles. The summed E-state index contributed by atoms with van der Waals surface area (Å²) in [6, 6.07) is 16.6. The van der Waals surface area contributed by atoms with Crippen LogP contribution in [0.4, 0.5) is 0 Å². The van der Waals surface area contributed by atoms with Gasteiger partial charge in [-0.1, -0.05) is 44.2 Å². The lowest BCUT2D eigenvalue weighted by atomic mass is 10.0. The molecule has 0 radical (unpaired) electrons. The van der Waals surface area contributed by atoms with Gasteiger partial charge in [0.15, 0.2) is 0 Å². The van der Waals surface area contributed by atoms with E-state index in [9.17, 15) is 0 Å². The van der Waals surface area contributed by atoms with Gasteiger partial charge in [-0.2, -0.15) is 0 Å². The van der Waals surface area contributed by atoms with Crippen LogP contribution in [0.15, 0.2) is 48.5 Å². The Balaban J connectivity index is 1.58. The van der Waals surface area contributed by atoms with Gasteiger partial charge in [-0.3, -0.25) is 0 Å². The van der Waals surface area contributed by atoms with Crippen molar-refractivity contribution in [1.82, 2.24) is 9.55 Å². The zero-order valence-corrected chi connectivity index (χ0v) is 16.4. The minimum Gasteiger partial charge on any atom is -0.493 e. The summed E-state index contributed by atoms with van der Waals surface area (Å²) in [4.78, 5) is 4.75. The van der Waals surface area contributed by atoms with Crippen molar-refractivity contribution in [2.75, 3.05) is 13.2 Å². The number of aryl methyl sites for hydroxylation is 2. The molecule has 0 aliphatic heterocycles. The van der Waals surface area contributed by atoms with Crippen molar-refractivity contribution in [2.24, 2.45) is 0 Å². The highest BCUT2D eigenvalue weighted by Gasteiger charge is 2.10. The SMILES string of the molecule is CC(C)c1ccccc1OCCCCn1c(CCCO)nc2ccccc21. The first kappa shape index (κ1) is 19.4. The van der Waals surface area contributed by atoms with Crippen LogP contribution in [0.25, 0.3) is 11.0 Å². The molecular formula is C23H30N2O2. The largest absolute Gasteiger partial charge is 0.493 e. The predicted molar refractivity (Wildman–Crippen MR) is 110 cm³/mol. The molecule has 1 aromatic heterocycles. The molecule has 1 heterocycles. The van der Waals surface area contributed by atoms with E-state index in [4.69, 9.17) is 14.8 Å². The summed E-state index contributed by atoms with van der Waals surface area (Å²) in [6.45, 7) is 6.24. The van der Waals surface area contributed by atoms with Crippen molar-refractivity contribution in [3.05, 3.63) is 59.9 Å². The van der Waals surface area contributed by atoms with Crippen LogP contribution in [-0.2, 0) is 13.0 Å². The van der Waals surface area contributed by atoms with E-state index in [1.165, 1.54) is 11.1 Å². The molecule has 3 aromatic rings. The van der Waals surface area contributed by atoms with Gasteiger partial charge in [-0.25, -0.2) is 4.98 Å². The fourth-order valence-corrected chi connectivity index (χ4v) is 3.45. The Labute approximate surface area is 161 Å². The van der Waals surface area contributed by atoms with E-state index < -0.39 is 0 Å². The third kappa shape index (κ3) is 4.89. The normalized spacial score (nSPS) is 11.4. The van der Waals surface area contributed by atoms with Crippen LogP contribution in [0.3, 0.4) is 0 Å². The fraction of sp³-hybridized carbons (Fsp3) is 0.435.